The summed E-state index contributed by atoms with van der Waals surface area (Å²) in [4.78, 5) is 29.3. The van der Waals surface area contributed by atoms with Crippen LogP contribution in [0.3, 0.4) is 0 Å². The Morgan fingerprint density at radius 3 is 2.83 bits per heavy atom. The van der Waals surface area contributed by atoms with E-state index in [1.807, 2.05) is 47.3 Å². The number of fused-ring (bicyclic) bond motifs is 1. The van der Waals surface area contributed by atoms with E-state index in [4.69, 9.17) is 0 Å². The van der Waals surface area contributed by atoms with Gasteiger partial charge in [0.05, 0.1) is 12.2 Å². The van der Waals surface area contributed by atoms with Crippen LogP contribution in [0.4, 0.5) is 0 Å². The second kappa shape index (κ2) is 7.27. The van der Waals surface area contributed by atoms with Crippen molar-refractivity contribution in [3.8, 4) is 0 Å². The van der Waals surface area contributed by atoms with Crippen molar-refractivity contribution >= 4 is 28.1 Å². The Bertz CT molecular complexity index is 812. The first kappa shape index (κ1) is 16.2. The third kappa shape index (κ3) is 3.99. The van der Waals surface area contributed by atoms with Crippen LogP contribution in [0.15, 0.2) is 48.1 Å². The van der Waals surface area contributed by atoms with Gasteiger partial charge in [-0.1, -0.05) is 18.2 Å². The molecule has 0 saturated carbocycles. The first-order chi connectivity index (χ1) is 11.6. The largest absolute Gasteiger partial charge is 0.350 e. The predicted molar refractivity (Wildman–Crippen MR) is 92.9 cm³/mol. The summed E-state index contributed by atoms with van der Waals surface area (Å²) in [6, 6.07) is 8.71. The number of benzene rings is 1. The molecule has 0 saturated heterocycles. The topological polar surface area (TPSA) is 75.5 Å². The van der Waals surface area contributed by atoms with Crippen molar-refractivity contribution in [3.63, 3.8) is 0 Å². The van der Waals surface area contributed by atoms with Crippen molar-refractivity contribution < 1.29 is 9.59 Å². The maximum atomic E-state index is 12.0. The van der Waals surface area contributed by atoms with Crippen molar-refractivity contribution in [3.05, 3.63) is 59.4 Å². The van der Waals surface area contributed by atoms with Crippen molar-refractivity contribution in [2.75, 3.05) is 0 Å². The van der Waals surface area contributed by atoms with Crippen LogP contribution >= 0.6 is 11.3 Å². The molecule has 0 aliphatic carbocycles. The van der Waals surface area contributed by atoms with Gasteiger partial charge in [0, 0.05) is 35.8 Å². The summed E-state index contributed by atoms with van der Waals surface area (Å²) in [5.74, 6) is -0.294. The Kier molecular flexibility index (Phi) is 4.90. The number of imidazole rings is 1. The van der Waals surface area contributed by atoms with Gasteiger partial charge in [-0.2, -0.15) is 0 Å². The number of thiazole rings is 1. The molecule has 1 unspecified atom stereocenters. The van der Waals surface area contributed by atoms with Gasteiger partial charge in [0.2, 0.25) is 5.91 Å². The molecular weight excluding hydrogens is 324 g/mol. The number of nitrogens with zero attached hydrogens (tertiary/aromatic N) is 2. The molecule has 1 aromatic carbocycles. The van der Waals surface area contributed by atoms with Crippen LogP contribution < -0.4 is 10.6 Å². The summed E-state index contributed by atoms with van der Waals surface area (Å²) in [6.07, 6.45) is 4.05. The normalized spacial score (nSPS) is 12.0. The number of amides is 2. The predicted octanol–water partition coefficient (Wildman–Crippen LogP) is 2.22. The van der Waals surface area contributed by atoms with Crippen LogP contribution in [-0.4, -0.2) is 27.2 Å². The third-order valence-electron chi connectivity index (χ3n) is 3.51. The number of carbonyl (C=O) groups is 2. The average molecular weight is 342 g/mol. The lowest BCUT2D eigenvalue weighted by Crippen LogP contribution is -2.37. The standard InChI is InChI=1S/C17H18N4O2S/c1-12(19-16(23)13-5-3-2-4-6-13)9-15(22)18-10-14-11-21-7-8-24-17(21)20-14/h2-8,11-12H,9-10H2,1H3,(H,18,22)(H,19,23). The highest BCUT2D eigenvalue weighted by molar-refractivity contribution is 7.15. The van der Waals surface area contributed by atoms with Gasteiger partial charge >= 0.3 is 0 Å². The SMILES string of the molecule is CC(CC(=O)NCc1cn2ccsc2n1)NC(=O)c1ccccc1. The second-order valence-electron chi connectivity index (χ2n) is 5.55. The molecule has 24 heavy (non-hydrogen) atoms. The molecule has 0 fully saturated rings. The third-order valence-corrected chi connectivity index (χ3v) is 4.29. The van der Waals surface area contributed by atoms with Crippen LogP contribution in [0.2, 0.25) is 0 Å². The van der Waals surface area contributed by atoms with E-state index in [0.717, 1.165) is 10.7 Å². The monoisotopic (exact) mass is 342 g/mol. The van der Waals surface area contributed by atoms with E-state index < -0.39 is 0 Å². The maximum Gasteiger partial charge on any atom is 0.251 e. The smallest absolute Gasteiger partial charge is 0.251 e. The summed E-state index contributed by atoms with van der Waals surface area (Å²) >= 11 is 1.55. The van der Waals surface area contributed by atoms with E-state index in [1.165, 1.54) is 0 Å². The number of hydrogen-bond donors (Lipinski definition) is 2. The molecule has 7 heteroatoms. The zero-order chi connectivity index (χ0) is 16.9. The molecule has 0 radical (unpaired) electrons. The van der Waals surface area contributed by atoms with Crippen molar-refractivity contribution in [2.45, 2.75) is 25.9 Å². The average Bonchev–Trinajstić information content (AvgIpc) is 3.15. The van der Waals surface area contributed by atoms with Crippen LogP contribution in [0.25, 0.3) is 4.96 Å². The highest BCUT2D eigenvalue weighted by atomic mass is 32.1. The lowest BCUT2D eigenvalue weighted by Gasteiger charge is -2.13. The molecule has 2 aromatic heterocycles. The number of aromatic nitrogens is 2. The van der Waals surface area contributed by atoms with Gasteiger partial charge in [0.1, 0.15) is 0 Å². The van der Waals surface area contributed by atoms with Crippen molar-refractivity contribution in [2.24, 2.45) is 0 Å². The molecule has 1 atom stereocenters. The molecule has 2 heterocycles. The minimum absolute atomic E-state index is 0.118. The Morgan fingerprint density at radius 1 is 1.29 bits per heavy atom. The van der Waals surface area contributed by atoms with Gasteiger partial charge in [0.25, 0.3) is 5.91 Å². The van der Waals surface area contributed by atoms with Crippen molar-refractivity contribution in [1.29, 1.82) is 0 Å². The maximum absolute atomic E-state index is 12.0. The first-order valence-corrected chi connectivity index (χ1v) is 8.53. The molecule has 6 nitrogen and oxygen atoms in total. The van der Waals surface area contributed by atoms with E-state index in [0.29, 0.717) is 12.1 Å². The summed E-state index contributed by atoms with van der Waals surface area (Å²) in [6.45, 7) is 2.19. The molecule has 0 aliphatic rings. The Hall–Kier alpha value is -2.67. The van der Waals surface area contributed by atoms with Crippen LogP contribution in [0, 0.1) is 0 Å². The minimum atomic E-state index is -0.247. The van der Waals surface area contributed by atoms with Gasteiger partial charge in [-0.05, 0) is 19.1 Å². The second-order valence-corrected chi connectivity index (χ2v) is 6.42. The lowest BCUT2D eigenvalue weighted by molar-refractivity contribution is -0.121. The first-order valence-electron chi connectivity index (χ1n) is 7.65. The summed E-state index contributed by atoms with van der Waals surface area (Å²) in [7, 11) is 0. The quantitative estimate of drug-likeness (QED) is 0.721. The zero-order valence-electron chi connectivity index (χ0n) is 13.2. The van der Waals surface area contributed by atoms with E-state index in [-0.39, 0.29) is 24.3 Å². The fourth-order valence-electron chi connectivity index (χ4n) is 2.35. The van der Waals surface area contributed by atoms with Crippen LogP contribution in [-0.2, 0) is 11.3 Å². The zero-order valence-corrected chi connectivity index (χ0v) is 14.0. The van der Waals surface area contributed by atoms with Gasteiger partial charge < -0.3 is 10.6 Å². The number of carbonyl (C=O) groups excluding carboxylic acids is 2. The van der Waals surface area contributed by atoms with Crippen LogP contribution in [0.1, 0.15) is 29.4 Å². The van der Waals surface area contributed by atoms with Gasteiger partial charge in [-0.15, -0.1) is 11.3 Å². The fourth-order valence-corrected chi connectivity index (χ4v) is 3.07. The van der Waals surface area contributed by atoms with Gasteiger partial charge in [0.15, 0.2) is 4.96 Å². The van der Waals surface area contributed by atoms with Crippen LogP contribution in [0.5, 0.6) is 0 Å². The number of nitrogens with one attached hydrogen (secondary N) is 2. The van der Waals surface area contributed by atoms with E-state index in [1.54, 1.807) is 23.5 Å². The van der Waals surface area contributed by atoms with Gasteiger partial charge in [-0.3, -0.25) is 14.0 Å². The molecule has 124 valence electrons. The summed E-state index contributed by atoms with van der Waals surface area (Å²) in [5.41, 5.74) is 1.40. The van der Waals surface area contributed by atoms with E-state index >= 15 is 0 Å². The van der Waals surface area contributed by atoms with Crippen molar-refractivity contribution in [1.82, 2.24) is 20.0 Å². The Morgan fingerprint density at radius 2 is 2.08 bits per heavy atom. The highest BCUT2D eigenvalue weighted by Gasteiger charge is 2.13. The van der Waals surface area contributed by atoms with E-state index in [2.05, 4.69) is 15.6 Å². The number of hydrogen-bond acceptors (Lipinski definition) is 4. The molecule has 3 rings (SSSR count). The number of rotatable bonds is 6. The van der Waals surface area contributed by atoms with Gasteiger partial charge in [-0.25, -0.2) is 4.98 Å². The molecular formula is C17H18N4O2S. The molecule has 2 N–H and O–H groups in total. The molecule has 0 bridgehead atoms. The molecule has 3 aromatic rings. The lowest BCUT2D eigenvalue weighted by atomic mass is 10.1. The Labute approximate surface area is 143 Å². The summed E-state index contributed by atoms with van der Waals surface area (Å²) < 4.78 is 1.93. The molecule has 0 spiro atoms. The minimum Gasteiger partial charge on any atom is -0.350 e. The molecule has 2 amide bonds. The summed E-state index contributed by atoms with van der Waals surface area (Å²) in [5, 5.41) is 7.62. The fraction of sp³-hybridized carbons (Fsp3) is 0.235. The Balaban J connectivity index is 1.45. The highest BCUT2D eigenvalue weighted by Crippen LogP contribution is 2.11. The molecule has 0 aliphatic heterocycles. The van der Waals surface area contributed by atoms with E-state index in [9.17, 15) is 9.59 Å².